The fourth-order valence-electron chi connectivity index (χ4n) is 1.44. The van der Waals surface area contributed by atoms with Gasteiger partial charge < -0.3 is 5.73 Å². The van der Waals surface area contributed by atoms with Crippen molar-refractivity contribution in [2.45, 2.75) is 4.90 Å². The van der Waals surface area contributed by atoms with Crippen molar-refractivity contribution in [3.8, 4) is 0 Å². The van der Waals surface area contributed by atoms with E-state index in [0.717, 1.165) is 0 Å². The monoisotopic (exact) mass is 360 g/mol. The van der Waals surface area contributed by atoms with Gasteiger partial charge in [-0.05, 0) is 46.3 Å². The molecule has 3 N–H and O–H groups in total. The van der Waals surface area contributed by atoms with E-state index in [4.69, 9.17) is 17.3 Å². The maximum absolute atomic E-state index is 12.2. The number of anilines is 2. The number of hydrogen-bond donors (Lipinski definition) is 2. The van der Waals surface area contributed by atoms with Crippen molar-refractivity contribution in [2.24, 2.45) is 0 Å². The smallest absolute Gasteiger partial charge is 0.262 e. The van der Waals surface area contributed by atoms with E-state index in [0.29, 0.717) is 20.9 Å². The van der Waals surface area contributed by atoms with E-state index in [9.17, 15) is 8.42 Å². The van der Waals surface area contributed by atoms with Crippen LogP contribution in [0.1, 0.15) is 0 Å². The summed E-state index contributed by atoms with van der Waals surface area (Å²) in [5.41, 5.74) is 6.40. The van der Waals surface area contributed by atoms with Crippen LogP contribution in [0.5, 0.6) is 0 Å². The summed E-state index contributed by atoms with van der Waals surface area (Å²) in [6.45, 7) is 0. The lowest BCUT2D eigenvalue weighted by molar-refractivity contribution is 0.601. The third-order valence-corrected chi connectivity index (χ3v) is 4.98. The molecule has 0 unspecified atom stereocenters. The molecule has 0 amide bonds. The predicted octanol–water partition coefficient (Wildman–Crippen LogP) is 3.49. The molecule has 0 saturated carbocycles. The normalized spacial score (nSPS) is 11.3. The van der Waals surface area contributed by atoms with Crippen LogP contribution in [0.3, 0.4) is 0 Å². The fraction of sp³-hybridized carbons (Fsp3) is 0. The third-order valence-electron chi connectivity index (χ3n) is 2.41. The molecular weight excluding hydrogens is 352 g/mol. The van der Waals surface area contributed by atoms with Crippen LogP contribution in [0.4, 0.5) is 11.4 Å². The number of hydrogen-bond acceptors (Lipinski definition) is 3. The number of nitrogens with two attached hydrogens (primary N) is 1. The summed E-state index contributed by atoms with van der Waals surface area (Å²) in [7, 11) is -3.69. The number of para-hydroxylation sites is 2. The van der Waals surface area contributed by atoms with E-state index < -0.39 is 10.0 Å². The first kappa shape index (κ1) is 14.2. The van der Waals surface area contributed by atoms with Crippen LogP contribution < -0.4 is 10.5 Å². The Morgan fingerprint density at radius 1 is 1.16 bits per heavy atom. The molecule has 0 fully saturated rings. The van der Waals surface area contributed by atoms with Crippen LogP contribution in [0, 0.1) is 0 Å². The van der Waals surface area contributed by atoms with Gasteiger partial charge in [-0.25, -0.2) is 8.42 Å². The van der Waals surface area contributed by atoms with Gasteiger partial charge in [-0.15, -0.1) is 0 Å². The molecule has 4 nitrogen and oxygen atoms in total. The second-order valence-corrected chi connectivity index (χ2v) is 6.71. The Hall–Kier alpha value is -1.24. The molecule has 2 rings (SSSR count). The molecule has 0 aliphatic rings. The zero-order valence-corrected chi connectivity index (χ0v) is 12.8. The van der Waals surface area contributed by atoms with E-state index >= 15 is 0 Å². The lowest BCUT2D eigenvalue weighted by atomic mass is 10.3. The maximum atomic E-state index is 12.2. The number of nitrogens with one attached hydrogen (secondary N) is 1. The Morgan fingerprint density at radius 3 is 2.47 bits per heavy atom. The van der Waals surface area contributed by atoms with Gasteiger partial charge in [0.05, 0.1) is 21.3 Å². The molecular formula is C12H10BrClN2O2S. The summed E-state index contributed by atoms with van der Waals surface area (Å²) in [6.07, 6.45) is 0. The highest BCUT2D eigenvalue weighted by atomic mass is 79.9. The molecule has 7 heteroatoms. The van der Waals surface area contributed by atoms with Crippen LogP contribution in [0.2, 0.25) is 5.02 Å². The maximum Gasteiger partial charge on any atom is 0.262 e. The van der Waals surface area contributed by atoms with Gasteiger partial charge >= 0.3 is 0 Å². The lowest BCUT2D eigenvalue weighted by Crippen LogP contribution is -2.14. The van der Waals surface area contributed by atoms with Crippen molar-refractivity contribution in [1.29, 1.82) is 0 Å². The highest BCUT2D eigenvalue weighted by molar-refractivity contribution is 9.10. The number of rotatable bonds is 3. The van der Waals surface area contributed by atoms with Gasteiger partial charge in [0.15, 0.2) is 0 Å². The number of halogens is 2. The van der Waals surface area contributed by atoms with Crippen molar-refractivity contribution < 1.29 is 8.42 Å². The summed E-state index contributed by atoms with van der Waals surface area (Å²) in [4.78, 5) is 0.104. The zero-order chi connectivity index (χ0) is 14.0. The molecule has 2 aromatic carbocycles. The van der Waals surface area contributed by atoms with Gasteiger partial charge in [0.25, 0.3) is 10.0 Å². The van der Waals surface area contributed by atoms with Crippen molar-refractivity contribution in [3.63, 3.8) is 0 Å². The minimum Gasteiger partial charge on any atom is -0.397 e. The van der Waals surface area contributed by atoms with E-state index in [1.807, 2.05) is 0 Å². The summed E-state index contributed by atoms with van der Waals surface area (Å²) in [5, 5.41) is 0.443. The first-order valence-electron chi connectivity index (χ1n) is 5.22. The molecule has 100 valence electrons. The van der Waals surface area contributed by atoms with Crippen LogP contribution in [0.15, 0.2) is 51.8 Å². The second-order valence-electron chi connectivity index (χ2n) is 3.77. The number of benzene rings is 2. The van der Waals surface area contributed by atoms with E-state index in [1.165, 1.54) is 18.2 Å². The molecule has 0 saturated heterocycles. The van der Waals surface area contributed by atoms with Gasteiger partial charge in [-0.1, -0.05) is 23.7 Å². The van der Waals surface area contributed by atoms with E-state index in [-0.39, 0.29) is 4.90 Å². The highest BCUT2D eigenvalue weighted by Crippen LogP contribution is 2.27. The van der Waals surface area contributed by atoms with Crippen LogP contribution in [-0.4, -0.2) is 8.42 Å². The molecule has 19 heavy (non-hydrogen) atoms. The second kappa shape index (κ2) is 5.40. The first-order valence-corrected chi connectivity index (χ1v) is 7.88. The summed E-state index contributed by atoms with van der Waals surface area (Å²) >= 11 is 9.02. The topological polar surface area (TPSA) is 72.2 Å². The average molecular weight is 362 g/mol. The van der Waals surface area contributed by atoms with Crippen LogP contribution >= 0.6 is 27.5 Å². The fourth-order valence-corrected chi connectivity index (χ4v) is 3.20. The largest absolute Gasteiger partial charge is 0.397 e. The van der Waals surface area contributed by atoms with E-state index in [1.54, 1.807) is 24.3 Å². The molecule has 2 aromatic rings. The van der Waals surface area contributed by atoms with Crippen molar-refractivity contribution in [3.05, 3.63) is 52.0 Å². The molecule has 0 aliphatic heterocycles. The minimum absolute atomic E-state index is 0.104. The standard InChI is InChI=1S/C12H10BrClN2O2S/c13-9-7-8(5-6-10(9)14)19(17,18)16-12-4-2-1-3-11(12)15/h1-7,16H,15H2. The first-order chi connectivity index (χ1) is 8.90. The number of sulfonamides is 1. The molecule has 0 spiro atoms. The van der Waals surface area contributed by atoms with Crippen molar-refractivity contribution >= 4 is 48.9 Å². The molecule has 0 bridgehead atoms. The minimum atomic E-state index is -3.69. The van der Waals surface area contributed by atoms with Crippen molar-refractivity contribution in [2.75, 3.05) is 10.5 Å². The molecule has 0 radical (unpaired) electrons. The van der Waals surface area contributed by atoms with Gasteiger partial charge in [0, 0.05) is 4.47 Å². The van der Waals surface area contributed by atoms with Gasteiger partial charge in [-0.2, -0.15) is 0 Å². The quantitative estimate of drug-likeness (QED) is 0.822. The summed E-state index contributed by atoms with van der Waals surface area (Å²) in [6, 6.07) is 11.0. The molecule has 0 heterocycles. The van der Waals surface area contributed by atoms with Gasteiger partial charge in [0.2, 0.25) is 0 Å². The third kappa shape index (κ3) is 3.20. The predicted molar refractivity (Wildman–Crippen MR) is 80.8 cm³/mol. The summed E-state index contributed by atoms with van der Waals surface area (Å²) < 4.78 is 27.3. The van der Waals surface area contributed by atoms with Gasteiger partial charge in [-0.3, -0.25) is 4.72 Å². The highest BCUT2D eigenvalue weighted by Gasteiger charge is 2.16. The Morgan fingerprint density at radius 2 is 1.84 bits per heavy atom. The van der Waals surface area contributed by atoms with Crippen LogP contribution in [-0.2, 0) is 10.0 Å². The molecule has 0 aromatic heterocycles. The Bertz CT molecular complexity index is 719. The Balaban J connectivity index is 2.38. The SMILES string of the molecule is Nc1ccccc1NS(=O)(=O)c1ccc(Cl)c(Br)c1. The summed E-state index contributed by atoms with van der Waals surface area (Å²) in [5.74, 6) is 0. The van der Waals surface area contributed by atoms with Crippen LogP contribution in [0.25, 0.3) is 0 Å². The zero-order valence-electron chi connectivity index (χ0n) is 9.60. The average Bonchev–Trinajstić information content (AvgIpc) is 2.35. The Kier molecular flexibility index (Phi) is 4.03. The molecule has 0 aliphatic carbocycles. The lowest BCUT2D eigenvalue weighted by Gasteiger charge is -2.10. The molecule has 0 atom stereocenters. The van der Waals surface area contributed by atoms with Gasteiger partial charge in [0.1, 0.15) is 0 Å². The van der Waals surface area contributed by atoms with E-state index in [2.05, 4.69) is 20.7 Å². The Labute approximate surface area is 124 Å². The number of nitrogen functional groups attached to an aromatic ring is 1. The van der Waals surface area contributed by atoms with Crippen molar-refractivity contribution in [1.82, 2.24) is 0 Å².